The lowest BCUT2D eigenvalue weighted by Gasteiger charge is -2.25. The van der Waals surface area contributed by atoms with Gasteiger partial charge in [-0.15, -0.1) is 0 Å². The van der Waals surface area contributed by atoms with Crippen LogP contribution in [0.1, 0.15) is 41.5 Å². The first kappa shape index (κ1) is 14.8. The van der Waals surface area contributed by atoms with Gasteiger partial charge < -0.3 is 9.42 Å². The van der Waals surface area contributed by atoms with E-state index in [1.807, 2.05) is 18.7 Å². The maximum atomic E-state index is 13.7. The number of amides is 1. The molecule has 22 heavy (non-hydrogen) atoms. The fourth-order valence-corrected chi connectivity index (χ4v) is 3.24. The first-order chi connectivity index (χ1) is 10.6. The van der Waals surface area contributed by atoms with Crippen molar-refractivity contribution in [3.8, 4) is 0 Å². The average Bonchev–Trinajstić information content (AvgIpc) is 3.08. The minimum Gasteiger partial charge on any atom is -0.361 e. The summed E-state index contributed by atoms with van der Waals surface area (Å²) in [5.74, 6) is 0.379. The highest BCUT2D eigenvalue weighted by molar-refractivity contribution is 5.79. The normalized spacial score (nSPS) is 18.0. The third-order valence-electron chi connectivity index (χ3n) is 4.29. The molecule has 0 bridgehead atoms. The first-order valence-corrected chi connectivity index (χ1v) is 7.53. The molecule has 1 aromatic heterocycles. The summed E-state index contributed by atoms with van der Waals surface area (Å²) in [5, 5.41) is 3.98. The molecule has 0 aliphatic carbocycles. The highest BCUT2D eigenvalue weighted by Crippen LogP contribution is 2.35. The summed E-state index contributed by atoms with van der Waals surface area (Å²) >= 11 is 0. The van der Waals surface area contributed by atoms with Crippen molar-refractivity contribution in [3.63, 3.8) is 0 Å². The second kappa shape index (κ2) is 5.91. The van der Waals surface area contributed by atoms with Gasteiger partial charge in [0.15, 0.2) is 0 Å². The lowest BCUT2D eigenvalue weighted by molar-refractivity contribution is -0.131. The quantitative estimate of drug-likeness (QED) is 0.873. The van der Waals surface area contributed by atoms with E-state index in [2.05, 4.69) is 5.16 Å². The Morgan fingerprint density at radius 2 is 2.18 bits per heavy atom. The van der Waals surface area contributed by atoms with Gasteiger partial charge in [-0.25, -0.2) is 4.39 Å². The van der Waals surface area contributed by atoms with Crippen molar-refractivity contribution in [1.82, 2.24) is 10.1 Å². The Balaban J connectivity index is 1.81. The molecule has 1 fully saturated rings. The number of hydrogen-bond donors (Lipinski definition) is 0. The second-order valence-corrected chi connectivity index (χ2v) is 5.75. The fourth-order valence-electron chi connectivity index (χ4n) is 3.24. The van der Waals surface area contributed by atoms with Gasteiger partial charge in [-0.05, 0) is 38.3 Å². The molecular formula is C17H19FN2O2. The largest absolute Gasteiger partial charge is 0.361 e. The van der Waals surface area contributed by atoms with E-state index in [4.69, 9.17) is 4.52 Å². The zero-order chi connectivity index (χ0) is 15.7. The smallest absolute Gasteiger partial charge is 0.227 e. The topological polar surface area (TPSA) is 46.3 Å². The van der Waals surface area contributed by atoms with Gasteiger partial charge in [0, 0.05) is 12.1 Å². The van der Waals surface area contributed by atoms with E-state index in [1.165, 1.54) is 6.07 Å². The number of nitrogens with zero attached hydrogens (tertiary/aromatic N) is 2. The van der Waals surface area contributed by atoms with Gasteiger partial charge in [-0.3, -0.25) is 4.79 Å². The summed E-state index contributed by atoms with van der Waals surface area (Å²) in [7, 11) is 0. The van der Waals surface area contributed by atoms with Crippen LogP contribution in [0.25, 0.3) is 0 Å². The predicted molar refractivity (Wildman–Crippen MR) is 79.8 cm³/mol. The molecule has 5 heteroatoms. The molecule has 0 saturated carbocycles. The van der Waals surface area contributed by atoms with E-state index in [0.29, 0.717) is 12.1 Å². The van der Waals surface area contributed by atoms with Crippen LogP contribution in [0.4, 0.5) is 4.39 Å². The standard InChI is InChI=1S/C17H19FN2O2/c1-11-17(12(2)22-19-11)15-8-5-9-20(15)16(21)10-13-6-3-4-7-14(13)18/h3-4,6-7,15H,5,8-10H2,1-2H3/t15-/m1/s1. The van der Waals surface area contributed by atoms with Crippen molar-refractivity contribution in [2.75, 3.05) is 6.54 Å². The molecule has 0 spiro atoms. The van der Waals surface area contributed by atoms with Crippen LogP contribution < -0.4 is 0 Å². The minimum atomic E-state index is -0.330. The lowest BCUT2D eigenvalue weighted by atomic mass is 10.0. The molecule has 0 radical (unpaired) electrons. The number of aryl methyl sites for hydroxylation is 2. The number of halogens is 1. The molecule has 3 rings (SSSR count). The summed E-state index contributed by atoms with van der Waals surface area (Å²) in [5.41, 5.74) is 2.27. The highest BCUT2D eigenvalue weighted by atomic mass is 19.1. The predicted octanol–water partition coefficient (Wildman–Crippen LogP) is 3.34. The van der Waals surface area contributed by atoms with E-state index < -0.39 is 0 Å². The number of hydrogen-bond acceptors (Lipinski definition) is 3. The van der Waals surface area contributed by atoms with Gasteiger partial charge in [0.1, 0.15) is 11.6 Å². The van der Waals surface area contributed by atoms with Crippen molar-refractivity contribution in [2.24, 2.45) is 0 Å². The molecule has 1 atom stereocenters. The Morgan fingerprint density at radius 1 is 1.41 bits per heavy atom. The summed E-state index contributed by atoms with van der Waals surface area (Å²) in [6.45, 7) is 4.46. The molecule has 116 valence electrons. The molecule has 1 amide bonds. The molecule has 1 saturated heterocycles. The Kier molecular flexibility index (Phi) is 3.96. The van der Waals surface area contributed by atoms with Crippen molar-refractivity contribution in [3.05, 3.63) is 52.7 Å². The maximum absolute atomic E-state index is 13.7. The summed E-state index contributed by atoms with van der Waals surface area (Å²) in [6.07, 6.45) is 1.93. The molecule has 2 heterocycles. The van der Waals surface area contributed by atoms with Gasteiger partial charge in [0.2, 0.25) is 5.91 Å². The van der Waals surface area contributed by atoms with Crippen LogP contribution in [0.5, 0.6) is 0 Å². The zero-order valence-corrected chi connectivity index (χ0v) is 12.8. The van der Waals surface area contributed by atoms with E-state index in [0.717, 1.165) is 29.9 Å². The molecule has 0 unspecified atom stereocenters. The zero-order valence-electron chi connectivity index (χ0n) is 12.8. The monoisotopic (exact) mass is 302 g/mol. The summed E-state index contributed by atoms with van der Waals surface area (Å²) in [6, 6.07) is 6.42. The first-order valence-electron chi connectivity index (χ1n) is 7.53. The van der Waals surface area contributed by atoms with Crippen LogP contribution in [0.3, 0.4) is 0 Å². The Labute approximate surface area is 128 Å². The number of rotatable bonds is 3. The molecule has 4 nitrogen and oxygen atoms in total. The molecule has 1 aliphatic rings. The molecule has 0 N–H and O–H groups in total. The van der Waals surface area contributed by atoms with Crippen molar-refractivity contribution < 1.29 is 13.7 Å². The van der Waals surface area contributed by atoms with Gasteiger partial charge in [0.05, 0.1) is 18.2 Å². The Hall–Kier alpha value is -2.17. The van der Waals surface area contributed by atoms with Gasteiger partial charge in [-0.2, -0.15) is 0 Å². The van der Waals surface area contributed by atoms with Crippen molar-refractivity contribution in [1.29, 1.82) is 0 Å². The van der Waals surface area contributed by atoms with Crippen LogP contribution in [0.15, 0.2) is 28.8 Å². The van der Waals surface area contributed by atoms with Gasteiger partial charge in [0.25, 0.3) is 0 Å². The Bertz CT molecular complexity index is 676. The number of benzene rings is 1. The van der Waals surface area contributed by atoms with Gasteiger partial charge >= 0.3 is 0 Å². The van der Waals surface area contributed by atoms with E-state index in [9.17, 15) is 9.18 Å². The Morgan fingerprint density at radius 3 is 2.86 bits per heavy atom. The summed E-state index contributed by atoms with van der Waals surface area (Å²) < 4.78 is 19.0. The van der Waals surface area contributed by atoms with E-state index >= 15 is 0 Å². The number of carbonyl (C=O) groups excluding carboxylic acids is 1. The van der Waals surface area contributed by atoms with Crippen LogP contribution in [0, 0.1) is 19.7 Å². The lowest BCUT2D eigenvalue weighted by Crippen LogP contribution is -2.32. The molecule has 1 aromatic carbocycles. The van der Waals surface area contributed by atoms with E-state index in [-0.39, 0.29) is 24.2 Å². The van der Waals surface area contributed by atoms with Crippen molar-refractivity contribution in [2.45, 2.75) is 39.2 Å². The van der Waals surface area contributed by atoms with Crippen LogP contribution in [-0.4, -0.2) is 22.5 Å². The average molecular weight is 302 g/mol. The number of carbonyl (C=O) groups is 1. The van der Waals surface area contributed by atoms with E-state index in [1.54, 1.807) is 18.2 Å². The number of aromatic nitrogens is 1. The molecule has 2 aromatic rings. The van der Waals surface area contributed by atoms with Crippen LogP contribution in [-0.2, 0) is 11.2 Å². The SMILES string of the molecule is Cc1noc(C)c1[C@H]1CCCN1C(=O)Cc1ccccc1F. The van der Waals surface area contributed by atoms with Crippen molar-refractivity contribution >= 4 is 5.91 Å². The van der Waals surface area contributed by atoms with Crippen LogP contribution >= 0.6 is 0 Å². The molecule has 1 aliphatic heterocycles. The van der Waals surface area contributed by atoms with Crippen LogP contribution in [0.2, 0.25) is 0 Å². The fraction of sp³-hybridized carbons (Fsp3) is 0.412. The third kappa shape index (κ3) is 2.63. The maximum Gasteiger partial charge on any atom is 0.227 e. The highest BCUT2D eigenvalue weighted by Gasteiger charge is 2.33. The molecular weight excluding hydrogens is 283 g/mol. The second-order valence-electron chi connectivity index (χ2n) is 5.75. The number of likely N-dealkylation sites (tertiary alicyclic amines) is 1. The summed E-state index contributed by atoms with van der Waals surface area (Å²) in [4.78, 5) is 14.4. The van der Waals surface area contributed by atoms with Gasteiger partial charge in [-0.1, -0.05) is 23.4 Å². The minimum absolute atomic E-state index is 0.00877. The third-order valence-corrected chi connectivity index (χ3v) is 4.29.